The molecule has 1 amide bonds. The molecule has 5 heteroatoms. The highest BCUT2D eigenvalue weighted by molar-refractivity contribution is 6.31. The maximum absolute atomic E-state index is 11.4. The van der Waals surface area contributed by atoms with Crippen LogP contribution in [0.15, 0.2) is 24.4 Å². The summed E-state index contributed by atoms with van der Waals surface area (Å²) in [6.45, 7) is 6.82. The van der Waals surface area contributed by atoms with Gasteiger partial charge in [-0.05, 0) is 24.6 Å². The number of H-pyrrole nitrogens is 1. The van der Waals surface area contributed by atoms with Crippen LogP contribution >= 0.6 is 11.6 Å². The van der Waals surface area contributed by atoms with Crippen molar-refractivity contribution >= 4 is 28.6 Å². The Bertz CT molecular complexity index is 619. The molecular formula is C15H19ClN2O2. The maximum atomic E-state index is 11.4. The van der Waals surface area contributed by atoms with Crippen molar-refractivity contribution < 1.29 is 9.53 Å². The van der Waals surface area contributed by atoms with Crippen LogP contribution in [-0.2, 0) is 10.2 Å². The van der Waals surface area contributed by atoms with Crippen LogP contribution in [0, 0.1) is 0 Å². The van der Waals surface area contributed by atoms with Crippen molar-refractivity contribution in [3.8, 4) is 0 Å². The number of benzene rings is 1. The fraction of sp³-hybridized carbons (Fsp3) is 0.400. The number of carbonyl (C=O) groups is 1. The van der Waals surface area contributed by atoms with Crippen LogP contribution in [0.25, 0.3) is 10.9 Å². The summed E-state index contributed by atoms with van der Waals surface area (Å²) in [5, 5.41) is 4.61. The standard InChI is InChI=1S/C15H19ClN2O2/c1-4-20-14(19)18-9-15(2,3)12-8-17-13-7-10(16)5-6-11(12)13/h5-8,17H,4,9H2,1-3H3,(H,18,19). The Labute approximate surface area is 123 Å². The van der Waals surface area contributed by atoms with Crippen LogP contribution < -0.4 is 5.32 Å². The Balaban J connectivity index is 2.21. The van der Waals surface area contributed by atoms with Gasteiger partial charge in [0.05, 0.1) is 6.61 Å². The number of carbonyl (C=O) groups excluding carboxylic acids is 1. The highest BCUT2D eigenvalue weighted by atomic mass is 35.5. The second-order valence-electron chi connectivity index (χ2n) is 5.35. The molecule has 1 heterocycles. The minimum Gasteiger partial charge on any atom is -0.450 e. The first kappa shape index (κ1) is 14.7. The van der Waals surface area contributed by atoms with E-state index in [-0.39, 0.29) is 11.5 Å². The predicted octanol–water partition coefficient (Wildman–Crippen LogP) is 3.85. The van der Waals surface area contributed by atoms with Gasteiger partial charge < -0.3 is 15.0 Å². The molecule has 0 aliphatic rings. The minimum absolute atomic E-state index is 0.209. The largest absolute Gasteiger partial charge is 0.450 e. The van der Waals surface area contributed by atoms with Crippen LogP contribution in [0.1, 0.15) is 26.3 Å². The molecule has 1 aromatic heterocycles. The molecule has 20 heavy (non-hydrogen) atoms. The molecule has 0 fully saturated rings. The number of amides is 1. The Morgan fingerprint density at radius 2 is 2.20 bits per heavy atom. The molecule has 0 unspecified atom stereocenters. The van der Waals surface area contributed by atoms with Crippen LogP contribution in [0.4, 0.5) is 4.79 Å². The maximum Gasteiger partial charge on any atom is 0.407 e. The fourth-order valence-electron chi connectivity index (χ4n) is 2.23. The lowest BCUT2D eigenvalue weighted by Crippen LogP contribution is -2.36. The first-order valence-corrected chi connectivity index (χ1v) is 6.99. The van der Waals surface area contributed by atoms with Crippen LogP contribution in [0.3, 0.4) is 0 Å². The van der Waals surface area contributed by atoms with Gasteiger partial charge in [-0.1, -0.05) is 31.5 Å². The van der Waals surface area contributed by atoms with Crippen molar-refractivity contribution in [2.24, 2.45) is 0 Å². The summed E-state index contributed by atoms with van der Waals surface area (Å²) in [6.07, 6.45) is 1.58. The van der Waals surface area contributed by atoms with E-state index >= 15 is 0 Å². The first-order valence-electron chi connectivity index (χ1n) is 6.62. The average Bonchev–Trinajstić information content (AvgIpc) is 2.80. The van der Waals surface area contributed by atoms with Crippen molar-refractivity contribution in [3.63, 3.8) is 0 Å². The number of nitrogens with one attached hydrogen (secondary N) is 2. The van der Waals surface area contributed by atoms with Gasteiger partial charge in [0.25, 0.3) is 0 Å². The number of aromatic nitrogens is 1. The molecular weight excluding hydrogens is 276 g/mol. The predicted molar refractivity (Wildman–Crippen MR) is 81.4 cm³/mol. The van der Waals surface area contributed by atoms with E-state index in [1.807, 2.05) is 24.4 Å². The van der Waals surface area contributed by atoms with E-state index in [2.05, 4.69) is 24.1 Å². The quantitative estimate of drug-likeness (QED) is 0.900. The summed E-state index contributed by atoms with van der Waals surface area (Å²) >= 11 is 5.99. The molecule has 1 aromatic carbocycles. The van der Waals surface area contributed by atoms with Crippen molar-refractivity contribution in [1.29, 1.82) is 0 Å². The van der Waals surface area contributed by atoms with E-state index in [9.17, 15) is 4.79 Å². The highest BCUT2D eigenvalue weighted by Crippen LogP contribution is 2.31. The average molecular weight is 295 g/mol. The Morgan fingerprint density at radius 1 is 1.45 bits per heavy atom. The number of hydrogen-bond donors (Lipinski definition) is 2. The number of rotatable bonds is 4. The Hall–Kier alpha value is -1.68. The molecule has 0 saturated heterocycles. The molecule has 2 N–H and O–H groups in total. The van der Waals surface area contributed by atoms with E-state index in [1.54, 1.807) is 6.92 Å². The van der Waals surface area contributed by atoms with E-state index in [4.69, 9.17) is 16.3 Å². The van der Waals surface area contributed by atoms with Gasteiger partial charge in [-0.3, -0.25) is 0 Å². The van der Waals surface area contributed by atoms with E-state index in [1.165, 1.54) is 0 Å². The third kappa shape index (κ3) is 3.07. The van der Waals surface area contributed by atoms with Gasteiger partial charge in [-0.25, -0.2) is 4.79 Å². The molecule has 0 bridgehead atoms. The summed E-state index contributed by atoms with van der Waals surface area (Å²) in [5.41, 5.74) is 1.93. The van der Waals surface area contributed by atoms with Crippen molar-refractivity contribution in [1.82, 2.24) is 10.3 Å². The third-order valence-corrected chi connectivity index (χ3v) is 3.56. The van der Waals surface area contributed by atoms with Crippen molar-refractivity contribution in [2.75, 3.05) is 13.2 Å². The monoisotopic (exact) mass is 294 g/mol. The summed E-state index contributed by atoms with van der Waals surface area (Å²) in [7, 11) is 0. The summed E-state index contributed by atoms with van der Waals surface area (Å²) in [5.74, 6) is 0. The summed E-state index contributed by atoms with van der Waals surface area (Å²) in [4.78, 5) is 14.6. The van der Waals surface area contributed by atoms with Crippen LogP contribution in [-0.4, -0.2) is 24.2 Å². The van der Waals surface area contributed by atoms with Gasteiger partial charge in [0.1, 0.15) is 0 Å². The Morgan fingerprint density at radius 3 is 2.90 bits per heavy atom. The van der Waals surface area contributed by atoms with Crippen LogP contribution in [0.2, 0.25) is 5.02 Å². The zero-order valence-electron chi connectivity index (χ0n) is 11.9. The molecule has 0 aliphatic carbocycles. The number of aromatic amines is 1. The molecule has 2 aromatic rings. The van der Waals surface area contributed by atoms with E-state index in [0.717, 1.165) is 16.5 Å². The molecule has 0 spiro atoms. The molecule has 4 nitrogen and oxygen atoms in total. The number of hydrogen-bond acceptors (Lipinski definition) is 2. The first-order chi connectivity index (χ1) is 9.44. The molecule has 0 aliphatic heterocycles. The number of fused-ring (bicyclic) bond motifs is 1. The lowest BCUT2D eigenvalue weighted by atomic mass is 9.84. The van der Waals surface area contributed by atoms with Gasteiger partial charge in [-0.2, -0.15) is 0 Å². The van der Waals surface area contributed by atoms with E-state index < -0.39 is 0 Å². The van der Waals surface area contributed by atoms with Crippen LogP contribution in [0.5, 0.6) is 0 Å². The van der Waals surface area contributed by atoms with Gasteiger partial charge in [0.2, 0.25) is 0 Å². The Kier molecular flexibility index (Phi) is 4.23. The number of alkyl carbamates (subject to hydrolysis) is 1. The molecule has 108 valence electrons. The van der Waals surface area contributed by atoms with Gasteiger partial charge in [0, 0.05) is 34.1 Å². The zero-order chi connectivity index (χ0) is 14.8. The van der Waals surface area contributed by atoms with E-state index in [0.29, 0.717) is 18.2 Å². The minimum atomic E-state index is -0.386. The zero-order valence-corrected chi connectivity index (χ0v) is 12.7. The molecule has 0 atom stereocenters. The topological polar surface area (TPSA) is 54.1 Å². The van der Waals surface area contributed by atoms with Crippen molar-refractivity contribution in [3.05, 3.63) is 35.0 Å². The summed E-state index contributed by atoms with van der Waals surface area (Å²) < 4.78 is 4.88. The fourth-order valence-corrected chi connectivity index (χ4v) is 2.40. The second-order valence-corrected chi connectivity index (χ2v) is 5.79. The second kappa shape index (κ2) is 5.75. The lowest BCUT2D eigenvalue weighted by Gasteiger charge is -2.24. The SMILES string of the molecule is CCOC(=O)NCC(C)(C)c1c[nH]c2cc(Cl)ccc12. The molecule has 0 radical (unpaired) electrons. The third-order valence-electron chi connectivity index (χ3n) is 3.32. The molecule has 0 saturated carbocycles. The summed E-state index contributed by atoms with van der Waals surface area (Å²) in [6, 6.07) is 5.76. The van der Waals surface area contributed by atoms with Gasteiger partial charge >= 0.3 is 6.09 Å². The van der Waals surface area contributed by atoms with Crippen molar-refractivity contribution in [2.45, 2.75) is 26.2 Å². The smallest absolute Gasteiger partial charge is 0.407 e. The highest BCUT2D eigenvalue weighted by Gasteiger charge is 2.25. The van der Waals surface area contributed by atoms with Gasteiger partial charge in [-0.15, -0.1) is 0 Å². The van der Waals surface area contributed by atoms with Gasteiger partial charge in [0.15, 0.2) is 0 Å². The number of ether oxygens (including phenoxy) is 1. The lowest BCUT2D eigenvalue weighted by molar-refractivity contribution is 0.150. The number of halogens is 1. The normalized spacial score (nSPS) is 11.6. The molecule has 2 rings (SSSR count).